The van der Waals surface area contributed by atoms with Crippen LogP contribution in [0, 0.1) is 0 Å². The Kier molecular flexibility index (Phi) is 7.23. The highest BCUT2D eigenvalue weighted by Crippen LogP contribution is 2.40. The molecule has 0 radical (unpaired) electrons. The first-order valence-corrected chi connectivity index (χ1v) is 12.2. The molecule has 3 aromatic carbocycles. The second-order valence-electron chi connectivity index (χ2n) is 9.16. The number of aliphatic hydroxyl groups excluding tert-OH is 1. The third-order valence-corrected chi connectivity index (χ3v) is 6.54. The molecule has 3 aromatic rings. The third-order valence-electron chi connectivity index (χ3n) is 6.54. The highest BCUT2D eigenvalue weighted by atomic mass is 16.6. The van der Waals surface area contributed by atoms with Crippen molar-refractivity contribution >= 4 is 0 Å². The standard InChI is InChI=1S/C29H32O6/c1-29(21-3-9-24(10-4-21)31-16-2-15-30,22-5-11-25(12-6-22)32-17-27-19-34-27)23-7-13-26(14-8-23)33-18-28-20-35-28/h3-14,27-28,30H,2,15-20H2,1H3. The van der Waals surface area contributed by atoms with Gasteiger partial charge in [0.05, 0.1) is 19.8 Å². The van der Waals surface area contributed by atoms with Crippen LogP contribution >= 0.6 is 0 Å². The quantitative estimate of drug-likeness (QED) is 0.225. The fourth-order valence-corrected chi connectivity index (χ4v) is 4.11. The van der Waals surface area contributed by atoms with E-state index in [1.165, 1.54) is 0 Å². The van der Waals surface area contributed by atoms with Crippen molar-refractivity contribution in [2.45, 2.75) is 31.0 Å². The van der Waals surface area contributed by atoms with Crippen molar-refractivity contribution in [3.05, 3.63) is 89.5 Å². The van der Waals surface area contributed by atoms with Crippen LogP contribution in [0.1, 0.15) is 30.0 Å². The molecular formula is C29H32O6. The topological polar surface area (TPSA) is 73.0 Å². The lowest BCUT2D eigenvalue weighted by molar-refractivity contribution is 0.233. The second-order valence-corrected chi connectivity index (χ2v) is 9.16. The molecule has 0 aromatic heterocycles. The van der Waals surface area contributed by atoms with Crippen molar-refractivity contribution in [3.8, 4) is 17.2 Å². The predicted octanol–water partition coefficient (Wildman–Crippen LogP) is 4.36. The van der Waals surface area contributed by atoms with Gasteiger partial charge in [-0.3, -0.25) is 0 Å². The van der Waals surface area contributed by atoms with Gasteiger partial charge in [0.2, 0.25) is 0 Å². The van der Waals surface area contributed by atoms with E-state index in [9.17, 15) is 0 Å². The maximum Gasteiger partial charge on any atom is 0.119 e. The molecule has 35 heavy (non-hydrogen) atoms. The van der Waals surface area contributed by atoms with Crippen LogP contribution in [0.4, 0.5) is 0 Å². The molecule has 0 bridgehead atoms. The molecule has 184 valence electrons. The van der Waals surface area contributed by atoms with Crippen LogP contribution in [-0.2, 0) is 14.9 Å². The first-order valence-electron chi connectivity index (χ1n) is 12.2. The fraction of sp³-hybridized carbons (Fsp3) is 0.379. The van der Waals surface area contributed by atoms with Gasteiger partial charge in [0.1, 0.15) is 42.7 Å². The minimum Gasteiger partial charge on any atom is -0.494 e. The lowest BCUT2D eigenvalue weighted by atomic mass is 9.71. The van der Waals surface area contributed by atoms with Gasteiger partial charge < -0.3 is 28.8 Å². The van der Waals surface area contributed by atoms with Gasteiger partial charge in [0.25, 0.3) is 0 Å². The summed E-state index contributed by atoms with van der Waals surface area (Å²) in [5.41, 5.74) is 3.05. The number of rotatable bonds is 13. The molecule has 0 saturated carbocycles. The van der Waals surface area contributed by atoms with Crippen molar-refractivity contribution < 1.29 is 28.8 Å². The van der Waals surface area contributed by atoms with Crippen molar-refractivity contribution in [1.29, 1.82) is 0 Å². The molecule has 5 rings (SSSR count). The van der Waals surface area contributed by atoms with Gasteiger partial charge in [-0.2, -0.15) is 0 Å². The van der Waals surface area contributed by atoms with Crippen molar-refractivity contribution in [2.24, 2.45) is 0 Å². The normalized spacial score (nSPS) is 20.1. The first kappa shape index (κ1) is 23.7. The lowest BCUT2D eigenvalue weighted by Crippen LogP contribution is -2.25. The van der Waals surface area contributed by atoms with Gasteiger partial charge in [-0.15, -0.1) is 0 Å². The summed E-state index contributed by atoms with van der Waals surface area (Å²) in [6, 6.07) is 24.8. The summed E-state index contributed by atoms with van der Waals surface area (Å²) in [5.74, 6) is 2.47. The van der Waals surface area contributed by atoms with Crippen LogP contribution in [0.25, 0.3) is 0 Å². The van der Waals surface area contributed by atoms with Gasteiger partial charge in [-0.25, -0.2) is 0 Å². The Morgan fingerprint density at radius 3 is 1.40 bits per heavy atom. The van der Waals surface area contributed by atoms with Gasteiger partial charge >= 0.3 is 0 Å². The SMILES string of the molecule is CC(c1ccc(OCCCO)cc1)(c1ccc(OCC2CO2)cc1)c1ccc(OCC2CO2)cc1. The number of ether oxygens (including phenoxy) is 5. The Labute approximate surface area is 206 Å². The van der Waals surface area contributed by atoms with E-state index in [1.54, 1.807) is 0 Å². The molecule has 0 spiro atoms. The van der Waals surface area contributed by atoms with E-state index in [2.05, 4.69) is 43.3 Å². The first-order chi connectivity index (χ1) is 17.1. The van der Waals surface area contributed by atoms with Crippen LogP contribution in [-0.4, -0.2) is 57.0 Å². The predicted molar refractivity (Wildman–Crippen MR) is 133 cm³/mol. The molecule has 2 aliphatic rings. The van der Waals surface area contributed by atoms with Gasteiger partial charge in [-0.1, -0.05) is 36.4 Å². The van der Waals surface area contributed by atoms with Crippen LogP contribution in [0.2, 0.25) is 0 Å². The molecule has 2 fully saturated rings. The van der Waals surface area contributed by atoms with E-state index in [4.69, 9.17) is 28.8 Å². The number of aliphatic hydroxyl groups is 1. The molecule has 2 heterocycles. The zero-order chi connectivity index (χ0) is 24.1. The molecule has 2 saturated heterocycles. The smallest absolute Gasteiger partial charge is 0.119 e. The van der Waals surface area contributed by atoms with E-state index in [0.29, 0.717) is 26.2 Å². The minimum atomic E-state index is -0.403. The summed E-state index contributed by atoms with van der Waals surface area (Å²) in [7, 11) is 0. The summed E-state index contributed by atoms with van der Waals surface area (Å²) in [4.78, 5) is 0. The molecule has 0 amide bonds. The summed E-state index contributed by atoms with van der Waals surface area (Å²) >= 11 is 0. The zero-order valence-electron chi connectivity index (χ0n) is 20.0. The van der Waals surface area contributed by atoms with Crippen LogP contribution in [0.3, 0.4) is 0 Å². The summed E-state index contributed by atoms with van der Waals surface area (Å²) in [6.07, 6.45) is 1.07. The summed E-state index contributed by atoms with van der Waals surface area (Å²) in [6.45, 7) is 5.58. The fourth-order valence-electron chi connectivity index (χ4n) is 4.11. The van der Waals surface area contributed by atoms with Crippen molar-refractivity contribution in [3.63, 3.8) is 0 Å². The Bertz CT molecular complexity index is 1010. The molecule has 2 aliphatic heterocycles. The largest absolute Gasteiger partial charge is 0.494 e. The molecule has 1 N–H and O–H groups in total. The maximum atomic E-state index is 9.00. The molecule has 2 unspecified atom stereocenters. The van der Waals surface area contributed by atoms with Crippen LogP contribution in [0.5, 0.6) is 17.2 Å². The molecule has 6 heteroatoms. The third kappa shape index (κ3) is 5.96. The Morgan fingerprint density at radius 2 is 1.06 bits per heavy atom. The van der Waals surface area contributed by atoms with E-state index in [-0.39, 0.29) is 18.8 Å². The molecular weight excluding hydrogens is 444 g/mol. The van der Waals surface area contributed by atoms with E-state index in [1.807, 2.05) is 36.4 Å². The zero-order valence-corrected chi connectivity index (χ0v) is 20.0. The molecule has 0 aliphatic carbocycles. The molecule has 6 nitrogen and oxygen atoms in total. The monoisotopic (exact) mass is 476 g/mol. The average Bonchev–Trinajstić information content (AvgIpc) is 3.83. The maximum absolute atomic E-state index is 9.00. The second kappa shape index (κ2) is 10.7. The molecule has 2 atom stereocenters. The lowest BCUT2D eigenvalue weighted by Gasteiger charge is -2.32. The number of epoxide rings is 2. The van der Waals surface area contributed by atoms with E-state index < -0.39 is 5.41 Å². The van der Waals surface area contributed by atoms with Crippen LogP contribution in [0.15, 0.2) is 72.8 Å². The van der Waals surface area contributed by atoms with Crippen molar-refractivity contribution in [2.75, 3.05) is 39.6 Å². The average molecular weight is 477 g/mol. The number of hydrogen-bond donors (Lipinski definition) is 1. The van der Waals surface area contributed by atoms with Gasteiger partial charge in [0.15, 0.2) is 0 Å². The Hall–Kier alpha value is -3.06. The summed E-state index contributed by atoms with van der Waals surface area (Å²) < 4.78 is 27.9. The number of benzene rings is 3. The van der Waals surface area contributed by atoms with Gasteiger partial charge in [-0.05, 0) is 60.0 Å². The van der Waals surface area contributed by atoms with E-state index >= 15 is 0 Å². The highest BCUT2D eigenvalue weighted by molar-refractivity contribution is 5.52. The summed E-state index contributed by atoms with van der Waals surface area (Å²) in [5, 5.41) is 9.00. The Morgan fingerprint density at radius 1 is 0.686 bits per heavy atom. The van der Waals surface area contributed by atoms with Crippen molar-refractivity contribution in [1.82, 2.24) is 0 Å². The Balaban J connectivity index is 1.40. The van der Waals surface area contributed by atoms with Crippen LogP contribution < -0.4 is 14.2 Å². The van der Waals surface area contributed by atoms with E-state index in [0.717, 1.165) is 47.2 Å². The van der Waals surface area contributed by atoms with Gasteiger partial charge in [0, 0.05) is 18.4 Å². The number of hydrogen-bond acceptors (Lipinski definition) is 6. The highest BCUT2D eigenvalue weighted by Gasteiger charge is 2.32. The minimum absolute atomic E-state index is 0.122.